The van der Waals surface area contributed by atoms with Crippen molar-refractivity contribution in [2.45, 2.75) is 44.6 Å². The number of rotatable bonds is 3. The van der Waals surface area contributed by atoms with Gasteiger partial charge in [0.15, 0.2) is 5.13 Å². The minimum absolute atomic E-state index is 0. The van der Waals surface area contributed by atoms with Gasteiger partial charge in [0.25, 0.3) is 0 Å². The summed E-state index contributed by atoms with van der Waals surface area (Å²) < 4.78 is 0. The standard InChI is InChI=1S/C11H17N3OS.ClH/c1-2-8-7-13-10(16-8)14-9(15)11(12)5-3-4-6-11;/h7H,2-6,12H2,1H3,(H,13,14,15);1H. The first-order chi connectivity index (χ1) is 7.64. The van der Waals surface area contributed by atoms with Gasteiger partial charge >= 0.3 is 0 Å². The molecular formula is C11H18ClN3OS. The highest BCUT2D eigenvalue weighted by Gasteiger charge is 2.37. The molecule has 17 heavy (non-hydrogen) atoms. The molecule has 0 bridgehead atoms. The molecule has 4 nitrogen and oxygen atoms in total. The number of halogens is 1. The highest BCUT2D eigenvalue weighted by Crippen LogP contribution is 2.29. The smallest absolute Gasteiger partial charge is 0.246 e. The molecule has 1 aliphatic carbocycles. The number of nitrogens with one attached hydrogen (secondary N) is 1. The molecule has 0 atom stereocenters. The number of anilines is 1. The number of thiazole rings is 1. The lowest BCUT2D eigenvalue weighted by molar-refractivity contribution is -0.121. The second-order valence-corrected chi connectivity index (χ2v) is 5.42. The van der Waals surface area contributed by atoms with Crippen molar-refractivity contribution in [3.8, 4) is 0 Å². The van der Waals surface area contributed by atoms with Crippen molar-refractivity contribution < 1.29 is 4.79 Å². The molecule has 0 aliphatic heterocycles. The maximum absolute atomic E-state index is 12.0. The maximum atomic E-state index is 12.0. The van der Waals surface area contributed by atoms with Crippen LogP contribution in [0.25, 0.3) is 0 Å². The Kier molecular flexibility index (Phi) is 4.91. The summed E-state index contributed by atoms with van der Waals surface area (Å²) >= 11 is 1.52. The lowest BCUT2D eigenvalue weighted by Gasteiger charge is -2.21. The Bertz CT molecular complexity index is 388. The average Bonchev–Trinajstić information content (AvgIpc) is 2.88. The first kappa shape index (κ1) is 14.4. The zero-order valence-electron chi connectivity index (χ0n) is 9.86. The average molecular weight is 276 g/mol. The molecule has 2 rings (SSSR count). The molecule has 1 heterocycles. The minimum atomic E-state index is -0.669. The summed E-state index contributed by atoms with van der Waals surface area (Å²) in [5.74, 6) is -0.0815. The van der Waals surface area contributed by atoms with Crippen LogP contribution in [0.2, 0.25) is 0 Å². The Labute approximate surface area is 111 Å². The number of carbonyl (C=O) groups excluding carboxylic acids is 1. The van der Waals surface area contributed by atoms with Gasteiger partial charge in [-0.3, -0.25) is 4.79 Å². The normalized spacial score (nSPS) is 17.5. The third-order valence-corrected chi connectivity index (χ3v) is 4.13. The number of hydrogen-bond donors (Lipinski definition) is 2. The summed E-state index contributed by atoms with van der Waals surface area (Å²) in [6.45, 7) is 2.07. The zero-order valence-corrected chi connectivity index (χ0v) is 11.5. The largest absolute Gasteiger partial charge is 0.317 e. The van der Waals surface area contributed by atoms with Gasteiger partial charge in [0, 0.05) is 11.1 Å². The number of carbonyl (C=O) groups is 1. The van der Waals surface area contributed by atoms with Gasteiger partial charge in [0.2, 0.25) is 5.91 Å². The van der Waals surface area contributed by atoms with Crippen LogP contribution in [0.5, 0.6) is 0 Å². The van der Waals surface area contributed by atoms with Crippen LogP contribution in [0.15, 0.2) is 6.20 Å². The predicted octanol–water partition coefficient (Wildman–Crippen LogP) is 2.34. The van der Waals surface area contributed by atoms with E-state index in [1.807, 2.05) is 0 Å². The molecule has 1 aromatic rings. The first-order valence-corrected chi connectivity index (χ1v) is 6.51. The summed E-state index contributed by atoms with van der Waals surface area (Å²) in [6, 6.07) is 0. The van der Waals surface area contributed by atoms with E-state index < -0.39 is 5.54 Å². The molecule has 3 N–H and O–H groups in total. The van der Waals surface area contributed by atoms with E-state index in [0.29, 0.717) is 5.13 Å². The number of nitrogens with two attached hydrogens (primary N) is 1. The molecule has 0 unspecified atom stereocenters. The van der Waals surface area contributed by atoms with Gasteiger partial charge in [-0.15, -0.1) is 23.7 Å². The van der Waals surface area contributed by atoms with Crippen LogP contribution in [0.4, 0.5) is 5.13 Å². The van der Waals surface area contributed by atoms with Crippen molar-refractivity contribution in [3.05, 3.63) is 11.1 Å². The Morgan fingerprint density at radius 1 is 1.59 bits per heavy atom. The van der Waals surface area contributed by atoms with Crippen molar-refractivity contribution in [2.75, 3.05) is 5.32 Å². The molecule has 1 fully saturated rings. The van der Waals surface area contributed by atoms with E-state index >= 15 is 0 Å². The van der Waals surface area contributed by atoms with E-state index in [9.17, 15) is 4.79 Å². The van der Waals surface area contributed by atoms with Crippen molar-refractivity contribution in [2.24, 2.45) is 5.73 Å². The number of nitrogens with zero attached hydrogens (tertiary/aromatic N) is 1. The summed E-state index contributed by atoms with van der Waals surface area (Å²) in [5.41, 5.74) is 5.39. The van der Waals surface area contributed by atoms with E-state index in [1.54, 1.807) is 6.20 Å². The first-order valence-electron chi connectivity index (χ1n) is 5.69. The van der Waals surface area contributed by atoms with E-state index in [4.69, 9.17) is 5.73 Å². The molecule has 1 amide bonds. The van der Waals surface area contributed by atoms with Crippen LogP contribution in [-0.2, 0) is 11.2 Å². The van der Waals surface area contributed by atoms with Crippen molar-refractivity contribution in [3.63, 3.8) is 0 Å². The molecule has 1 aliphatic rings. The summed E-state index contributed by atoms with van der Waals surface area (Å²) in [5, 5.41) is 3.49. The SMILES string of the molecule is CCc1cnc(NC(=O)C2(N)CCCC2)s1.Cl. The van der Waals surface area contributed by atoms with Crippen LogP contribution < -0.4 is 11.1 Å². The van der Waals surface area contributed by atoms with Gasteiger partial charge in [-0.25, -0.2) is 4.98 Å². The highest BCUT2D eigenvalue weighted by atomic mass is 35.5. The van der Waals surface area contributed by atoms with Gasteiger partial charge in [0.1, 0.15) is 0 Å². The Morgan fingerprint density at radius 3 is 2.76 bits per heavy atom. The molecule has 96 valence electrons. The van der Waals surface area contributed by atoms with Crippen molar-refractivity contribution in [1.82, 2.24) is 4.98 Å². The fourth-order valence-corrected chi connectivity index (χ4v) is 2.73. The molecule has 0 saturated heterocycles. The summed E-state index contributed by atoms with van der Waals surface area (Å²) in [6.07, 6.45) is 6.40. The molecule has 0 radical (unpaired) electrons. The number of amides is 1. The Morgan fingerprint density at radius 2 is 2.24 bits per heavy atom. The van der Waals surface area contributed by atoms with Gasteiger partial charge in [-0.2, -0.15) is 0 Å². The molecule has 0 spiro atoms. The number of aryl methyl sites for hydroxylation is 1. The fraction of sp³-hybridized carbons (Fsp3) is 0.636. The zero-order chi connectivity index (χ0) is 11.6. The minimum Gasteiger partial charge on any atom is -0.317 e. The second-order valence-electron chi connectivity index (χ2n) is 4.30. The van der Waals surface area contributed by atoms with Gasteiger partial charge in [0.05, 0.1) is 5.54 Å². The van der Waals surface area contributed by atoms with E-state index in [0.717, 1.165) is 32.1 Å². The lowest BCUT2D eigenvalue weighted by Crippen LogP contribution is -2.48. The predicted molar refractivity (Wildman–Crippen MR) is 72.8 cm³/mol. The quantitative estimate of drug-likeness (QED) is 0.890. The third-order valence-electron chi connectivity index (χ3n) is 3.07. The Hall–Kier alpha value is -0.650. The molecule has 0 aromatic carbocycles. The fourth-order valence-electron chi connectivity index (χ4n) is 1.98. The third kappa shape index (κ3) is 3.18. The van der Waals surface area contributed by atoms with Gasteiger partial charge in [-0.05, 0) is 19.3 Å². The maximum Gasteiger partial charge on any atom is 0.246 e. The van der Waals surface area contributed by atoms with E-state index in [2.05, 4.69) is 17.2 Å². The molecule has 6 heteroatoms. The van der Waals surface area contributed by atoms with Crippen LogP contribution in [0, 0.1) is 0 Å². The highest BCUT2D eigenvalue weighted by molar-refractivity contribution is 7.15. The molecule has 1 saturated carbocycles. The van der Waals surface area contributed by atoms with E-state index in [-0.39, 0.29) is 18.3 Å². The van der Waals surface area contributed by atoms with Crippen LogP contribution in [0.1, 0.15) is 37.5 Å². The van der Waals surface area contributed by atoms with Crippen molar-refractivity contribution >= 4 is 34.8 Å². The topological polar surface area (TPSA) is 68.0 Å². The summed E-state index contributed by atoms with van der Waals surface area (Å²) in [7, 11) is 0. The van der Waals surface area contributed by atoms with E-state index in [1.165, 1.54) is 16.2 Å². The van der Waals surface area contributed by atoms with Crippen LogP contribution >= 0.6 is 23.7 Å². The van der Waals surface area contributed by atoms with Gasteiger partial charge < -0.3 is 11.1 Å². The molecule has 1 aromatic heterocycles. The Balaban J connectivity index is 0.00000144. The van der Waals surface area contributed by atoms with Crippen molar-refractivity contribution in [1.29, 1.82) is 0 Å². The van der Waals surface area contributed by atoms with Gasteiger partial charge in [-0.1, -0.05) is 19.8 Å². The molecular weight excluding hydrogens is 258 g/mol. The van der Waals surface area contributed by atoms with Crippen LogP contribution in [0.3, 0.4) is 0 Å². The lowest BCUT2D eigenvalue weighted by atomic mass is 9.98. The summed E-state index contributed by atoms with van der Waals surface area (Å²) in [4.78, 5) is 17.3. The second kappa shape index (κ2) is 5.80. The number of aromatic nitrogens is 1. The number of hydrogen-bond acceptors (Lipinski definition) is 4. The monoisotopic (exact) mass is 275 g/mol. The van der Waals surface area contributed by atoms with Crippen LogP contribution in [-0.4, -0.2) is 16.4 Å².